The van der Waals surface area contributed by atoms with Crippen molar-refractivity contribution in [1.29, 1.82) is 0 Å². The summed E-state index contributed by atoms with van der Waals surface area (Å²) in [5.41, 5.74) is 3.11. The zero-order valence-corrected chi connectivity index (χ0v) is 10.7. The second-order valence-corrected chi connectivity index (χ2v) is 5.42. The molecular weight excluding hydrogens is 192 g/mol. The fourth-order valence-corrected chi connectivity index (χ4v) is 2.32. The molecule has 0 radical (unpaired) electrons. The summed E-state index contributed by atoms with van der Waals surface area (Å²) in [4.78, 5) is 0. The first-order valence-electron chi connectivity index (χ1n) is 6.05. The van der Waals surface area contributed by atoms with Gasteiger partial charge >= 0.3 is 0 Å². The molecule has 0 spiro atoms. The molecule has 0 heterocycles. The molecule has 0 N–H and O–H groups in total. The van der Waals surface area contributed by atoms with E-state index in [0.717, 1.165) is 6.42 Å². The van der Waals surface area contributed by atoms with Crippen LogP contribution in [0.1, 0.15) is 38.8 Å². The average molecular weight is 212 g/mol. The first-order chi connectivity index (χ1) is 7.54. The molecule has 0 atom stereocenters. The van der Waals surface area contributed by atoms with Gasteiger partial charge in [0, 0.05) is 0 Å². The Hall–Kier alpha value is -1.30. The number of benzene rings is 2. The largest absolute Gasteiger partial charge is 0.0616 e. The summed E-state index contributed by atoms with van der Waals surface area (Å²) in [5.74, 6) is 0. The molecule has 0 amide bonds. The van der Waals surface area contributed by atoms with Crippen molar-refractivity contribution >= 4 is 10.8 Å². The van der Waals surface area contributed by atoms with Crippen LogP contribution in [0.5, 0.6) is 0 Å². The summed E-state index contributed by atoms with van der Waals surface area (Å²) in [5, 5.41) is 2.83. The summed E-state index contributed by atoms with van der Waals surface area (Å²) in [6.45, 7) is 9.06. The Bertz CT molecular complexity index is 501. The lowest BCUT2D eigenvalue weighted by molar-refractivity contribution is 0.596. The molecule has 0 aromatic heterocycles. The highest BCUT2D eigenvalue weighted by Crippen LogP contribution is 2.31. The summed E-state index contributed by atoms with van der Waals surface area (Å²) < 4.78 is 0. The van der Waals surface area contributed by atoms with Gasteiger partial charge in [-0.25, -0.2) is 0 Å². The molecule has 0 saturated heterocycles. The summed E-state index contributed by atoms with van der Waals surface area (Å²) in [6, 6.07) is 13.3. The molecule has 0 aliphatic carbocycles. The Morgan fingerprint density at radius 2 is 1.50 bits per heavy atom. The molecule has 84 valence electrons. The Kier molecular flexibility index (Phi) is 2.75. The maximum Gasteiger partial charge on any atom is -0.0126 e. The molecule has 0 unspecified atom stereocenters. The van der Waals surface area contributed by atoms with E-state index < -0.39 is 0 Å². The lowest BCUT2D eigenvalue weighted by Crippen LogP contribution is -2.11. The average Bonchev–Trinajstić information content (AvgIpc) is 2.26. The molecule has 2 rings (SSSR count). The Morgan fingerprint density at radius 3 is 2.06 bits per heavy atom. The smallest absolute Gasteiger partial charge is 0.0126 e. The normalized spacial score (nSPS) is 12.0. The van der Waals surface area contributed by atoms with Crippen LogP contribution in [0.3, 0.4) is 0 Å². The summed E-state index contributed by atoms with van der Waals surface area (Å²) in [7, 11) is 0. The second-order valence-electron chi connectivity index (χ2n) is 5.42. The molecular formula is C16H20. The van der Waals surface area contributed by atoms with Gasteiger partial charge in [0.1, 0.15) is 0 Å². The first-order valence-corrected chi connectivity index (χ1v) is 6.05. The fraction of sp³-hybridized carbons (Fsp3) is 0.375. The van der Waals surface area contributed by atoms with Crippen molar-refractivity contribution in [3.63, 3.8) is 0 Å². The van der Waals surface area contributed by atoms with E-state index in [1.165, 1.54) is 21.9 Å². The molecule has 0 saturated carbocycles. The van der Waals surface area contributed by atoms with Gasteiger partial charge in [-0.3, -0.25) is 0 Å². The van der Waals surface area contributed by atoms with E-state index in [2.05, 4.69) is 64.1 Å². The van der Waals surface area contributed by atoms with Crippen LogP contribution in [0.25, 0.3) is 10.8 Å². The van der Waals surface area contributed by atoms with Crippen LogP contribution < -0.4 is 0 Å². The van der Waals surface area contributed by atoms with Crippen LogP contribution in [-0.4, -0.2) is 0 Å². The third-order valence-corrected chi connectivity index (χ3v) is 3.20. The minimum absolute atomic E-state index is 0.214. The van der Waals surface area contributed by atoms with Crippen molar-refractivity contribution < 1.29 is 0 Å². The van der Waals surface area contributed by atoms with Gasteiger partial charge in [-0.05, 0) is 33.7 Å². The van der Waals surface area contributed by atoms with Crippen molar-refractivity contribution in [2.45, 2.75) is 39.5 Å². The van der Waals surface area contributed by atoms with Gasteiger partial charge in [-0.15, -0.1) is 0 Å². The fourth-order valence-electron chi connectivity index (χ4n) is 2.32. The molecule has 0 fully saturated rings. The topological polar surface area (TPSA) is 0 Å². The van der Waals surface area contributed by atoms with Gasteiger partial charge in [0.05, 0.1) is 0 Å². The van der Waals surface area contributed by atoms with E-state index in [9.17, 15) is 0 Å². The molecule has 16 heavy (non-hydrogen) atoms. The van der Waals surface area contributed by atoms with E-state index in [0.29, 0.717) is 0 Å². The molecule has 0 aliphatic heterocycles. The molecule has 0 nitrogen and oxygen atoms in total. The standard InChI is InChI=1S/C16H20/c1-5-12-10-11-15(16(2,3)4)14-9-7-6-8-13(12)14/h6-11H,5H2,1-4H3. The van der Waals surface area contributed by atoms with Gasteiger partial charge in [-0.2, -0.15) is 0 Å². The minimum Gasteiger partial charge on any atom is -0.0616 e. The van der Waals surface area contributed by atoms with Crippen LogP contribution in [0.2, 0.25) is 0 Å². The van der Waals surface area contributed by atoms with E-state index in [1.54, 1.807) is 0 Å². The number of rotatable bonds is 1. The van der Waals surface area contributed by atoms with E-state index in [4.69, 9.17) is 0 Å². The SMILES string of the molecule is CCc1ccc(C(C)(C)C)c2ccccc12. The van der Waals surface area contributed by atoms with Crippen molar-refractivity contribution in [2.24, 2.45) is 0 Å². The molecule has 2 aromatic rings. The number of aryl methyl sites for hydroxylation is 1. The van der Waals surface area contributed by atoms with Gasteiger partial charge < -0.3 is 0 Å². The van der Waals surface area contributed by atoms with Gasteiger partial charge in [0.25, 0.3) is 0 Å². The molecule has 0 heteroatoms. The highest BCUT2D eigenvalue weighted by Gasteiger charge is 2.17. The zero-order valence-electron chi connectivity index (χ0n) is 10.7. The number of hydrogen-bond acceptors (Lipinski definition) is 0. The summed E-state index contributed by atoms with van der Waals surface area (Å²) >= 11 is 0. The van der Waals surface area contributed by atoms with Gasteiger partial charge in [0.15, 0.2) is 0 Å². The molecule has 0 bridgehead atoms. The zero-order chi connectivity index (χ0) is 11.8. The lowest BCUT2D eigenvalue weighted by Gasteiger charge is -2.22. The van der Waals surface area contributed by atoms with Crippen molar-refractivity contribution in [3.05, 3.63) is 47.5 Å². The maximum atomic E-state index is 2.29. The third-order valence-electron chi connectivity index (χ3n) is 3.20. The lowest BCUT2D eigenvalue weighted by atomic mass is 9.82. The summed E-state index contributed by atoms with van der Waals surface area (Å²) in [6.07, 6.45) is 1.10. The first kappa shape index (κ1) is 11.2. The number of hydrogen-bond donors (Lipinski definition) is 0. The van der Waals surface area contributed by atoms with E-state index in [1.807, 2.05) is 0 Å². The Morgan fingerprint density at radius 1 is 0.875 bits per heavy atom. The van der Waals surface area contributed by atoms with Crippen molar-refractivity contribution in [2.75, 3.05) is 0 Å². The maximum absolute atomic E-state index is 2.29. The Balaban J connectivity index is 2.80. The van der Waals surface area contributed by atoms with Crippen molar-refractivity contribution in [3.8, 4) is 0 Å². The number of fused-ring (bicyclic) bond motifs is 1. The highest BCUT2D eigenvalue weighted by molar-refractivity contribution is 5.89. The van der Waals surface area contributed by atoms with Crippen LogP contribution in [0.15, 0.2) is 36.4 Å². The van der Waals surface area contributed by atoms with E-state index in [-0.39, 0.29) is 5.41 Å². The van der Waals surface area contributed by atoms with Crippen LogP contribution in [0.4, 0.5) is 0 Å². The predicted molar refractivity (Wildman–Crippen MR) is 72.0 cm³/mol. The van der Waals surface area contributed by atoms with E-state index >= 15 is 0 Å². The van der Waals surface area contributed by atoms with Crippen LogP contribution >= 0.6 is 0 Å². The molecule has 2 aromatic carbocycles. The monoisotopic (exact) mass is 212 g/mol. The quantitative estimate of drug-likeness (QED) is 0.642. The highest BCUT2D eigenvalue weighted by atomic mass is 14.2. The Labute approximate surface area is 98.3 Å². The van der Waals surface area contributed by atoms with Gasteiger partial charge in [-0.1, -0.05) is 64.1 Å². The van der Waals surface area contributed by atoms with Crippen LogP contribution in [-0.2, 0) is 11.8 Å². The second kappa shape index (κ2) is 3.93. The van der Waals surface area contributed by atoms with Crippen molar-refractivity contribution in [1.82, 2.24) is 0 Å². The predicted octanol–water partition coefficient (Wildman–Crippen LogP) is 4.70. The third kappa shape index (κ3) is 1.84. The van der Waals surface area contributed by atoms with Crippen LogP contribution in [0, 0.1) is 0 Å². The van der Waals surface area contributed by atoms with Gasteiger partial charge in [0.2, 0.25) is 0 Å². The minimum atomic E-state index is 0.214. The molecule has 0 aliphatic rings.